The van der Waals surface area contributed by atoms with Gasteiger partial charge in [-0.15, -0.1) is 5.06 Å². The highest BCUT2D eigenvalue weighted by molar-refractivity contribution is 6.02. The topological polar surface area (TPSA) is 63.7 Å². The first-order valence-corrected chi connectivity index (χ1v) is 6.14. The Hall–Kier alpha value is -2.69. The zero-order chi connectivity index (χ0) is 14.4. The van der Waals surface area contributed by atoms with Gasteiger partial charge in [0.1, 0.15) is 0 Å². The lowest BCUT2D eigenvalue weighted by Crippen LogP contribution is -2.31. The van der Waals surface area contributed by atoms with Crippen LogP contribution in [-0.2, 0) is 19.2 Å². The van der Waals surface area contributed by atoms with Crippen LogP contribution in [0.25, 0.3) is 6.08 Å². The van der Waals surface area contributed by atoms with Crippen LogP contribution in [0.4, 0.5) is 0 Å². The summed E-state index contributed by atoms with van der Waals surface area (Å²) in [6.07, 6.45) is 6.30. The van der Waals surface area contributed by atoms with Gasteiger partial charge in [-0.1, -0.05) is 48.6 Å². The van der Waals surface area contributed by atoms with Gasteiger partial charge >= 0.3 is 5.97 Å². The van der Waals surface area contributed by atoms with Gasteiger partial charge < -0.3 is 4.84 Å². The number of imide groups is 1. The largest absolute Gasteiger partial charge is 0.356 e. The maximum absolute atomic E-state index is 11.4. The van der Waals surface area contributed by atoms with Gasteiger partial charge in [-0.2, -0.15) is 0 Å². The fourth-order valence-corrected chi connectivity index (χ4v) is 1.64. The Morgan fingerprint density at radius 1 is 1.05 bits per heavy atom. The molecule has 0 unspecified atom stereocenters. The van der Waals surface area contributed by atoms with Gasteiger partial charge in [-0.25, -0.2) is 4.79 Å². The summed E-state index contributed by atoms with van der Waals surface area (Å²) in [6.45, 7) is 0. The molecule has 0 spiro atoms. The fraction of sp³-hybridized carbons (Fsp3) is 0.133. The van der Waals surface area contributed by atoms with Gasteiger partial charge in [-0.05, 0) is 5.56 Å². The van der Waals surface area contributed by atoms with Crippen LogP contribution in [0.2, 0.25) is 0 Å². The van der Waals surface area contributed by atoms with E-state index in [0.29, 0.717) is 5.06 Å². The number of amides is 2. The van der Waals surface area contributed by atoms with E-state index in [2.05, 4.69) is 4.84 Å². The number of carbonyl (C=O) groups excluding carboxylic acids is 3. The number of allylic oxidation sites excluding steroid dienone is 2. The molecule has 5 heteroatoms. The van der Waals surface area contributed by atoms with Crippen LogP contribution in [0, 0.1) is 0 Å². The van der Waals surface area contributed by atoms with Crippen molar-refractivity contribution >= 4 is 23.9 Å². The van der Waals surface area contributed by atoms with E-state index in [1.165, 1.54) is 6.08 Å². The van der Waals surface area contributed by atoms with E-state index in [-0.39, 0.29) is 12.8 Å². The molecule has 0 saturated carbocycles. The molecule has 1 fully saturated rings. The number of hydrogen-bond donors (Lipinski definition) is 0. The van der Waals surface area contributed by atoms with Crippen LogP contribution in [-0.4, -0.2) is 22.8 Å². The Morgan fingerprint density at radius 3 is 2.35 bits per heavy atom. The normalized spacial score (nSPS) is 15.5. The molecule has 102 valence electrons. The number of nitrogens with zero attached hydrogens (tertiary/aromatic N) is 1. The molecule has 2 rings (SSSR count). The molecule has 1 aliphatic heterocycles. The van der Waals surface area contributed by atoms with Gasteiger partial charge in [0.15, 0.2) is 0 Å². The van der Waals surface area contributed by atoms with Crippen LogP contribution in [0.3, 0.4) is 0 Å². The molecule has 0 N–H and O–H groups in total. The van der Waals surface area contributed by atoms with Gasteiger partial charge in [0.05, 0.1) is 0 Å². The summed E-state index contributed by atoms with van der Waals surface area (Å²) in [5.41, 5.74) is 0.996. The van der Waals surface area contributed by atoms with Gasteiger partial charge in [-0.3, -0.25) is 9.59 Å². The van der Waals surface area contributed by atoms with Gasteiger partial charge in [0.2, 0.25) is 0 Å². The first-order chi connectivity index (χ1) is 9.66. The maximum atomic E-state index is 11.4. The third-order valence-corrected chi connectivity index (χ3v) is 2.62. The number of hydroxylamine groups is 2. The van der Waals surface area contributed by atoms with Crippen LogP contribution in [0.15, 0.2) is 48.6 Å². The third-order valence-electron chi connectivity index (χ3n) is 2.62. The summed E-state index contributed by atoms with van der Waals surface area (Å²) in [4.78, 5) is 38.5. The Bertz CT molecular complexity index is 559. The predicted molar refractivity (Wildman–Crippen MR) is 71.8 cm³/mol. The van der Waals surface area contributed by atoms with Crippen molar-refractivity contribution in [1.29, 1.82) is 0 Å². The van der Waals surface area contributed by atoms with Crippen molar-refractivity contribution < 1.29 is 19.2 Å². The van der Waals surface area contributed by atoms with E-state index in [0.717, 1.165) is 11.6 Å². The van der Waals surface area contributed by atoms with Crippen molar-refractivity contribution in [3.05, 3.63) is 54.1 Å². The third kappa shape index (κ3) is 3.65. The first kappa shape index (κ1) is 13.7. The Kier molecular flexibility index (Phi) is 4.44. The molecule has 1 aromatic carbocycles. The van der Waals surface area contributed by atoms with Crippen molar-refractivity contribution in [2.45, 2.75) is 12.8 Å². The highest BCUT2D eigenvalue weighted by Crippen LogP contribution is 2.12. The molecule has 0 bridgehead atoms. The standard InChI is InChI=1S/C15H13NO4/c17-13-10-11-14(18)16(13)20-15(19)9-5-4-8-12-6-2-1-3-7-12/h1-9H,10-11H2/b8-4+,9-5+. The molecule has 1 aliphatic rings. The Balaban J connectivity index is 1.85. The fourth-order valence-electron chi connectivity index (χ4n) is 1.64. The molecule has 1 aromatic rings. The number of carbonyl (C=O) groups is 3. The van der Waals surface area contributed by atoms with E-state index in [4.69, 9.17) is 0 Å². The summed E-state index contributed by atoms with van der Waals surface area (Å²) in [7, 11) is 0. The minimum atomic E-state index is -0.758. The number of rotatable bonds is 4. The Morgan fingerprint density at radius 2 is 1.70 bits per heavy atom. The molecular formula is C15H13NO4. The lowest BCUT2D eigenvalue weighted by molar-refractivity contribution is -0.193. The Labute approximate surface area is 116 Å². The van der Waals surface area contributed by atoms with E-state index in [9.17, 15) is 14.4 Å². The molecule has 1 saturated heterocycles. The average molecular weight is 271 g/mol. The molecule has 5 nitrogen and oxygen atoms in total. The second kappa shape index (κ2) is 6.47. The zero-order valence-corrected chi connectivity index (χ0v) is 10.7. The lowest BCUT2D eigenvalue weighted by atomic mass is 10.2. The molecule has 0 aliphatic carbocycles. The molecule has 20 heavy (non-hydrogen) atoms. The van der Waals surface area contributed by atoms with Crippen molar-refractivity contribution in [1.82, 2.24) is 5.06 Å². The first-order valence-electron chi connectivity index (χ1n) is 6.14. The minimum absolute atomic E-state index is 0.0870. The number of hydrogen-bond acceptors (Lipinski definition) is 4. The predicted octanol–water partition coefficient (Wildman–Crippen LogP) is 1.86. The summed E-state index contributed by atoms with van der Waals surface area (Å²) in [5, 5.41) is 0.521. The molecule has 0 aromatic heterocycles. The summed E-state index contributed by atoms with van der Waals surface area (Å²) in [6, 6.07) is 9.56. The second-order valence-corrected chi connectivity index (χ2v) is 4.12. The molecule has 0 atom stereocenters. The highest BCUT2D eigenvalue weighted by Gasteiger charge is 2.32. The van der Waals surface area contributed by atoms with Crippen molar-refractivity contribution in [3.8, 4) is 0 Å². The zero-order valence-electron chi connectivity index (χ0n) is 10.7. The SMILES string of the molecule is O=C(/C=C/C=C/c1ccccc1)ON1C(=O)CCC1=O. The highest BCUT2D eigenvalue weighted by atomic mass is 16.7. The summed E-state index contributed by atoms with van der Waals surface area (Å²) >= 11 is 0. The van der Waals surface area contributed by atoms with E-state index >= 15 is 0 Å². The molecule has 0 radical (unpaired) electrons. The number of benzene rings is 1. The van der Waals surface area contributed by atoms with E-state index in [1.54, 1.807) is 6.08 Å². The monoisotopic (exact) mass is 271 g/mol. The van der Waals surface area contributed by atoms with Crippen molar-refractivity contribution in [2.24, 2.45) is 0 Å². The minimum Gasteiger partial charge on any atom is -0.326 e. The molecule has 2 amide bonds. The van der Waals surface area contributed by atoms with Crippen LogP contribution in [0.5, 0.6) is 0 Å². The second-order valence-electron chi connectivity index (χ2n) is 4.12. The van der Waals surface area contributed by atoms with Gasteiger partial charge in [0.25, 0.3) is 11.8 Å². The maximum Gasteiger partial charge on any atom is 0.356 e. The van der Waals surface area contributed by atoms with Crippen molar-refractivity contribution in [3.63, 3.8) is 0 Å². The van der Waals surface area contributed by atoms with Crippen molar-refractivity contribution in [2.75, 3.05) is 0 Å². The van der Waals surface area contributed by atoms with Crippen LogP contribution in [0.1, 0.15) is 18.4 Å². The quantitative estimate of drug-likeness (QED) is 0.476. The van der Waals surface area contributed by atoms with Crippen LogP contribution < -0.4 is 0 Å². The molecular weight excluding hydrogens is 258 g/mol. The smallest absolute Gasteiger partial charge is 0.326 e. The summed E-state index contributed by atoms with van der Waals surface area (Å²) in [5.74, 6) is -1.74. The average Bonchev–Trinajstić information content (AvgIpc) is 2.77. The van der Waals surface area contributed by atoms with Gasteiger partial charge in [0, 0.05) is 18.9 Å². The lowest BCUT2D eigenvalue weighted by Gasteiger charge is -2.10. The molecule has 1 heterocycles. The van der Waals surface area contributed by atoms with Crippen LogP contribution >= 0.6 is 0 Å². The van der Waals surface area contributed by atoms with E-state index in [1.807, 2.05) is 36.4 Å². The van der Waals surface area contributed by atoms with E-state index < -0.39 is 17.8 Å². The summed E-state index contributed by atoms with van der Waals surface area (Å²) < 4.78 is 0.